The van der Waals surface area contributed by atoms with Gasteiger partial charge in [0.15, 0.2) is 5.69 Å². The average molecular weight is 396 g/mol. The van der Waals surface area contributed by atoms with Crippen LogP contribution in [0.2, 0.25) is 0 Å². The maximum Gasteiger partial charge on any atom is 0.293 e. The van der Waals surface area contributed by atoms with Crippen LogP contribution in [-0.4, -0.2) is 60.4 Å². The smallest absolute Gasteiger partial charge is 0.293 e. The lowest BCUT2D eigenvalue weighted by Crippen LogP contribution is -2.31. The van der Waals surface area contributed by atoms with Gasteiger partial charge in [-0.15, -0.1) is 5.10 Å². The van der Waals surface area contributed by atoms with Crippen molar-refractivity contribution >= 4 is 17.9 Å². The van der Waals surface area contributed by atoms with E-state index in [-0.39, 0.29) is 17.3 Å². The minimum absolute atomic E-state index is 0.0647. The van der Waals surface area contributed by atoms with E-state index < -0.39 is 5.91 Å². The van der Waals surface area contributed by atoms with Crippen LogP contribution in [0.4, 0.5) is 5.82 Å². The molecule has 29 heavy (non-hydrogen) atoms. The predicted octanol–water partition coefficient (Wildman–Crippen LogP) is 0.377. The van der Waals surface area contributed by atoms with Gasteiger partial charge in [0.25, 0.3) is 5.91 Å². The summed E-state index contributed by atoms with van der Waals surface area (Å²) < 4.78 is 6.06. The number of hydrogen-bond donors (Lipinski definition) is 2. The number of rotatable bonds is 6. The Labute approximate surface area is 165 Å². The third-order valence-corrected chi connectivity index (χ3v) is 4.55. The van der Waals surface area contributed by atoms with E-state index in [9.17, 15) is 4.79 Å². The fourth-order valence-electron chi connectivity index (χ4n) is 3.12. The zero-order valence-electron chi connectivity index (χ0n) is 15.6. The van der Waals surface area contributed by atoms with Crippen LogP contribution < -0.4 is 11.2 Å². The summed E-state index contributed by atoms with van der Waals surface area (Å²) in [6.07, 6.45) is 6.49. The summed E-state index contributed by atoms with van der Waals surface area (Å²) >= 11 is 0. The number of hydrogen-bond acceptors (Lipinski definition) is 10. The van der Waals surface area contributed by atoms with Crippen molar-refractivity contribution in [3.8, 4) is 5.82 Å². The number of anilines is 1. The maximum atomic E-state index is 12.7. The summed E-state index contributed by atoms with van der Waals surface area (Å²) in [7, 11) is 0. The molecule has 0 unspecified atom stereocenters. The number of nitrogens with one attached hydrogen (secondary N) is 1. The summed E-state index contributed by atoms with van der Waals surface area (Å²) in [5.74, 6) is -0.235. The van der Waals surface area contributed by atoms with Crippen molar-refractivity contribution in [2.45, 2.75) is 25.8 Å². The largest absolute Gasteiger partial charge is 0.378 e. The van der Waals surface area contributed by atoms with Crippen LogP contribution in [0.15, 0.2) is 34.1 Å². The first-order chi connectivity index (χ1) is 14.2. The number of nitrogen functional groups attached to an aromatic ring is 1. The highest BCUT2D eigenvalue weighted by Crippen LogP contribution is 2.19. The molecule has 1 aliphatic rings. The molecule has 4 rings (SSSR count). The Hall–Kier alpha value is -3.67. The number of nitrogens with zero attached hydrogens (tertiary/aromatic N) is 8. The average Bonchev–Trinajstić information content (AvgIpc) is 3.35. The second kappa shape index (κ2) is 8.56. The summed E-state index contributed by atoms with van der Waals surface area (Å²) in [5.41, 5.74) is 9.56. The predicted molar refractivity (Wildman–Crippen MR) is 102 cm³/mol. The van der Waals surface area contributed by atoms with Crippen molar-refractivity contribution in [3.05, 3.63) is 41.5 Å². The van der Waals surface area contributed by atoms with Gasteiger partial charge in [-0.25, -0.2) is 10.1 Å². The van der Waals surface area contributed by atoms with Gasteiger partial charge in [-0.2, -0.15) is 9.78 Å². The Morgan fingerprint density at radius 2 is 2.14 bits per heavy atom. The maximum absolute atomic E-state index is 12.7. The van der Waals surface area contributed by atoms with Crippen LogP contribution in [0.5, 0.6) is 0 Å². The Kier molecular flexibility index (Phi) is 5.52. The van der Waals surface area contributed by atoms with E-state index in [0.717, 1.165) is 25.9 Å². The summed E-state index contributed by atoms with van der Waals surface area (Å²) in [4.78, 5) is 19.0. The Bertz CT molecular complexity index is 991. The number of amides is 1. The van der Waals surface area contributed by atoms with Crippen LogP contribution in [-0.2, 0) is 6.54 Å². The van der Waals surface area contributed by atoms with E-state index in [1.807, 2.05) is 6.07 Å². The quantitative estimate of drug-likeness (QED) is 0.444. The molecule has 1 saturated heterocycles. The second-order valence-corrected chi connectivity index (χ2v) is 6.56. The van der Waals surface area contributed by atoms with Crippen LogP contribution in [0.25, 0.3) is 5.82 Å². The molecule has 0 bridgehead atoms. The zero-order chi connectivity index (χ0) is 20.1. The highest BCUT2D eigenvalue weighted by atomic mass is 16.6. The molecule has 1 amide bonds. The third kappa shape index (κ3) is 4.27. The van der Waals surface area contributed by atoms with E-state index in [1.165, 1.54) is 17.3 Å². The molecule has 150 valence electrons. The minimum Gasteiger partial charge on any atom is -0.378 e. The molecule has 0 spiro atoms. The lowest BCUT2D eigenvalue weighted by atomic mass is 10.1. The highest BCUT2D eigenvalue weighted by Gasteiger charge is 2.26. The second-order valence-electron chi connectivity index (χ2n) is 6.56. The first kappa shape index (κ1) is 18.7. The third-order valence-electron chi connectivity index (χ3n) is 4.55. The summed E-state index contributed by atoms with van der Waals surface area (Å²) in [5, 5.41) is 19.4. The van der Waals surface area contributed by atoms with Gasteiger partial charge < -0.3 is 5.73 Å². The Morgan fingerprint density at radius 1 is 1.28 bits per heavy atom. The normalized spacial score (nSPS) is 15.0. The van der Waals surface area contributed by atoms with Gasteiger partial charge in [0.05, 0.1) is 17.6 Å². The number of likely N-dealkylation sites (tertiary alicyclic amines) is 1. The van der Waals surface area contributed by atoms with E-state index in [2.05, 4.69) is 45.7 Å². The van der Waals surface area contributed by atoms with Gasteiger partial charge in [0.2, 0.25) is 11.6 Å². The van der Waals surface area contributed by atoms with E-state index in [1.54, 1.807) is 18.3 Å². The van der Waals surface area contributed by atoms with Crippen molar-refractivity contribution in [2.24, 2.45) is 5.10 Å². The topological polar surface area (TPSA) is 153 Å². The molecule has 0 aliphatic carbocycles. The van der Waals surface area contributed by atoms with Gasteiger partial charge in [0, 0.05) is 12.7 Å². The molecule has 3 aromatic heterocycles. The van der Waals surface area contributed by atoms with Gasteiger partial charge in [-0.3, -0.25) is 14.7 Å². The molecule has 3 N–H and O–H groups in total. The highest BCUT2D eigenvalue weighted by molar-refractivity contribution is 5.94. The number of piperidine rings is 1. The molecular formula is C17H20N10O2. The van der Waals surface area contributed by atoms with E-state index >= 15 is 0 Å². The Balaban J connectivity index is 1.58. The lowest BCUT2D eigenvalue weighted by Gasteiger charge is -2.26. The number of carbonyl (C=O) groups is 1. The van der Waals surface area contributed by atoms with Crippen molar-refractivity contribution < 1.29 is 9.42 Å². The van der Waals surface area contributed by atoms with Crippen molar-refractivity contribution in [1.29, 1.82) is 0 Å². The number of pyridine rings is 1. The lowest BCUT2D eigenvalue weighted by molar-refractivity contribution is 0.0947. The summed E-state index contributed by atoms with van der Waals surface area (Å²) in [6, 6.07) is 5.40. The van der Waals surface area contributed by atoms with E-state index in [4.69, 9.17) is 5.73 Å². The molecule has 0 aromatic carbocycles. The summed E-state index contributed by atoms with van der Waals surface area (Å²) in [6.45, 7) is 2.32. The molecule has 12 nitrogen and oxygen atoms in total. The molecule has 0 saturated carbocycles. The minimum atomic E-state index is -0.495. The zero-order valence-corrected chi connectivity index (χ0v) is 15.6. The fourth-order valence-corrected chi connectivity index (χ4v) is 3.12. The van der Waals surface area contributed by atoms with Crippen molar-refractivity contribution in [1.82, 2.24) is 40.6 Å². The number of aromatic nitrogens is 6. The van der Waals surface area contributed by atoms with Gasteiger partial charge >= 0.3 is 0 Å². The van der Waals surface area contributed by atoms with Gasteiger partial charge in [0.1, 0.15) is 0 Å². The first-order valence-electron chi connectivity index (χ1n) is 9.22. The van der Waals surface area contributed by atoms with Crippen LogP contribution >= 0.6 is 0 Å². The van der Waals surface area contributed by atoms with Crippen LogP contribution in [0.1, 0.15) is 41.1 Å². The van der Waals surface area contributed by atoms with Crippen LogP contribution in [0.3, 0.4) is 0 Å². The fraction of sp³-hybridized carbons (Fsp3) is 0.353. The molecular weight excluding hydrogens is 376 g/mol. The van der Waals surface area contributed by atoms with Gasteiger partial charge in [-0.1, -0.05) is 17.7 Å². The van der Waals surface area contributed by atoms with Crippen LogP contribution in [0, 0.1) is 0 Å². The first-order valence-corrected chi connectivity index (χ1v) is 9.22. The van der Waals surface area contributed by atoms with Crippen molar-refractivity contribution in [3.63, 3.8) is 0 Å². The van der Waals surface area contributed by atoms with Crippen molar-refractivity contribution in [2.75, 3.05) is 18.8 Å². The van der Waals surface area contributed by atoms with Gasteiger partial charge in [-0.05, 0) is 48.4 Å². The Morgan fingerprint density at radius 3 is 2.86 bits per heavy atom. The standard InChI is InChI=1S/C17H20N10O2/c18-15-16(24-29-23-15)27-13(11-26-8-4-1-5-9-26)14(21-25-27)17(28)22-20-10-12-6-2-3-7-19-12/h2-3,6-7,10H,1,4-5,8-9,11H2,(H2,18,23)(H,22,28)/b20-10+. The molecule has 4 heterocycles. The molecule has 0 atom stereocenters. The molecule has 12 heteroatoms. The molecule has 0 radical (unpaired) electrons. The molecule has 1 aliphatic heterocycles. The molecule has 1 fully saturated rings. The number of hydrazone groups is 1. The molecule has 3 aromatic rings. The number of carbonyl (C=O) groups excluding carboxylic acids is 1. The van der Waals surface area contributed by atoms with E-state index in [0.29, 0.717) is 17.9 Å². The monoisotopic (exact) mass is 396 g/mol. The SMILES string of the molecule is Nc1nonc1-n1nnc(C(=O)N/N=C/c2ccccn2)c1CN1CCCCC1. The number of nitrogens with two attached hydrogens (primary N) is 1.